The van der Waals surface area contributed by atoms with Gasteiger partial charge < -0.3 is 4.90 Å². The minimum absolute atomic E-state index is 0.297. The van der Waals surface area contributed by atoms with Crippen molar-refractivity contribution >= 4 is 38.8 Å². The first-order valence-corrected chi connectivity index (χ1v) is 10.1. The number of hydrogen-bond donors (Lipinski definition) is 0. The molecule has 5 heteroatoms. The molecule has 0 saturated carbocycles. The highest BCUT2D eigenvalue weighted by Crippen LogP contribution is 2.33. The van der Waals surface area contributed by atoms with Crippen molar-refractivity contribution in [1.82, 2.24) is 9.88 Å². The van der Waals surface area contributed by atoms with Gasteiger partial charge in [0.05, 0.1) is 15.2 Å². The van der Waals surface area contributed by atoms with Crippen LogP contribution in [0.4, 0.5) is 0 Å². The number of aryl methyl sites for hydroxylation is 1. The molecule has 1 saturated heterocycles. The van der Waals surface area contributed by atoms with Gasteiger partial charge in [0.15, 0.2) is 0 Å². The molecular formula is C19H20N2OS2. The molecule has 1 aliphatic heterocycles. The Kier molecular flexibility index (Phi) is 4.63. The first-order chi connectivity index (χ1) is 11.8. The number of likely N-dealkylation sites (tertiary alicyclic amines) is 1. The van der Waals surface area contributed by atoms with Gasteiger partial charge in [-0.2, -0.15) is 0 Å². The lowest BCUT2D eigenvalue weighted by Crippen LogP contribution is -2.38. The van der Waals surface area contributed by atoms with Crippen LogP contribution in [-0.4, -0.2) is 28.9 Å². The summed E-state index contributed by atoms with van der Waals surface area (Å²) in [7, 11) is 0. The average Bonchev–Trinajstić information content (AvgIpc) is 3.29. The molecule has 0 aliphatic carbocycles. The second-order valence-electron chi connectivity index (χ2n) is 6.25. The number of hydrogen-bond acceptors (Lipinski definition) is 4. The summed E-state index contributed by atoms with van der Waals surface area (Å²) >= 11 is 3.54. The van der Waals surface area contributed by atoms with Crippen molar-refractivity contribution in [2.75, 3.05) is 13.1 Å². The molecule has 3 aromatic rings. The molecule has 3 heterocycles. The number of rotatable bonds is 4. The Labute approximate surface area is 150 Å². The number of fused-ring (bicyclic) bond motifs is 1. The maximum Gasteiger partial charge on any atom is 0.222 e. The summed E-state index contributed by atoms with van der Waals surface area (Å²) < 4.78 is 1.27. The molecule has 124 valence electrons. The Bertz CT molecular complexity index is 784. The molecule has 0 radical (unpaired) electrons. The van der Waals surface area contributed by atoms with Gasteiger partial charge in [0, 0.05) is 30.3 Å². The Morgan fingerprint density at radius 2 is 2.00 bits per heavy atom. The Hall–Kier alpha value is -1.72. The van der Waals surface area contributed by atoms with E-state index in [4.69, 9.17) is 4.98 Å². The summed E-state index contributed by atoms with van der Waals surface area (Å²) in [6, 6.07) is 12.5. The average molecular weight is 357 g/mol. The van der Waals surface area contributed by atoms with Gasteiger partial charge in [-0.1, -0.05) is 18.2 Å². The van der Waals surface area contributed by atoms with Gasteiger partial charge in [-0.15, -0.1) is 22.7 Å². The Morgan fingerprint density at radius 3 is 2.75 bits per heavy atom. The van der Waals surface area contributed by atoms with Crippen molar-refractivity contribution in [2.45, 2.75) is 31.6 Å². The monoisotopic (exact) mass is 356 g/mol. The van der Waals surface area contributed by atoms with Crippen LogP contribution in [0.3, 0.4) is 0 Å². The number of nitrogens with zero attached hydrogens (tertiary/aromatic N) is 2. The summed E-state index contributed by atoms with van der Waals surface area (Å²) in [5.41, 5.74) is 1.10. The van der Waals surface area contributed by atoms with Crippen LogP contribution >= 0.6 is 22.7 Å². The van der Waals surface area contributed by atoms with Crippen LogP contribution in [-0.2, 0) is 11.2 Å². The molecule has 1 fully saturated rings. The zero-order valence-corrected chi connectivity index (χ0v) is 15.1. The van der Waals surface area contributed by atoms with Crippen molar-refractivity contribution in [3.8, 4) is 0 Å². The summed E-state index contributed by atoms with van der Waals surface area (Å²) in [5, 5.41) is 3.31. The molecular weight excluding hydrogens is 336 g/mol. The van der Waals surface area contributed by atoms with Gasteiger partial charge in [0.2, 0.25) is 5.91 Å². The first-order valence-electron chi connectivity index (χ1n) is 8.45. The van der Waals surface area contributed by atoms with E-state index in [2.05, 4.69) is 29.6 Å². The quantitative estimate of drug-likeness (QED) is 0.679. The third-order valence-corrected chi connectivity index (χ3v) is 6.81. The van der Waals surface area contributed by atoms with Crippen molar-refractivity contribution < 1.29 is 4.79 Å². The summed E-state index contributed by atoms with van der Waals surface area (Å²) in [6.45, 7) is 1.73. The van der Waals surface area contributed by atoms with E-state index in [1.807, 2.05) is 28.4 Å². The fourth-order valence-electron chi connectivity index (χ4n) is 3.28. The van der Waals surface area contributed by atoms with Crippen LogP contribution in [0.15, 0.2) is 41.8 Å². The zero-order chi connectivity index (χ0) is 16.4. The lowest BCUT2D eigenvalue weighted by atomic mass is 9.97. The van der Waals surface area contributed by atoms with Gasteiger partial charge in [0.25, 0.3) is 0 Å². The van der Waals surface area contributed by atoms with E-state index < -0.39 is 0 Å². The number of amides is 1. The highest BCUT2D eigenvalue weighted by atomic mass is 32.1. The molecule has 1 amide bonds. The summed E-state index contributed by atoms with van der Waals surface area (Å²) in [6.07, 6.45) is 3.57. The van der Waals surface area contributed by atoms with E-state index in [0.29, 0.717) is 18.2 Å². The molecule has 3 nitrogen and oxygen atoms in total. The highest BCUT2D eigenvalue weighted by molar-refractivity contribution is 7.18. The molecule has 0 unspecified atom stereocenters. The second kappa shape index (κ2) is 7.03. The zero-order valence-electron chi connectivity index (χ0n) is 13.5. The third-order valence-electron chi connectivity index (χ3n) is 4.67. The number of benzene rings is 1. The summed E-state index contributed by atoms with van der Waals surface area (Å²) in [5.74, 6) is 0.801. The fourth-order valence-corrected chi connectivity index (χ4v) is 5.13. The van der Waals surface area contributed by atoms with Crippen LogP contribution in [0, 0.1) is 0 Å². The van der Waals surface area contributed by atoms with Crippen molar-refractivity contribution in [1.29, 1.82) is 0 Å². The van der Waals surface area contributed by atoms with Crippen molar-refractivity contribution in [3.63, 3.8) is 0 Å². The van der Waals surface area contributed by atoms with Crippen LogP contribution < -0.4 is 0 Å². The summed E-state index contributed by atoms with van der Waals surface area (Å²) in [4.78, 5) is 20.5. The Balaban J connectivity index is 1.33. The van der Waals surface area contributed by atoms with Gasteiger partial charge in [-0.25, -0.2) is 4.98 Å². The van der Waals surface area contributed by atoms with Crippen LogP contribution in [0.2, 0.25) is 0 Å². The molecule has 2 aromatic heterocycles. The van der Waals surface area contributed by atoms with Crippen LogP contribution in [0.1, 0.15) is 35.1 Å². The number of para-hydroxylation sites is 1. The predicted molar refractivity (Wildman–Crippen MR) is 101 cm³/mol. The lowest BCUT2D eigenvalue weighted by Gasteiger charge is -2.31. The fraction of sp³-hybridized carbons (Fsp3) is 0.368. The maximum absolute atomic E-state index is 12.4. The number of carbonyl (C=O) groups excluding carboxylic acids is 1. The van der Waals surface area contributed by atoms with Crippen molar-refractivity contribution in [2.24, 2.45) is 0 Å². The van der Waals surface area contributed by atoms with Gasteiger partial charge in [-0.3, -0.25) is 4.79 Å². The van der Waals surface area contributed by atoms with E-state index in [-0.39, 0.29) is 0 Å². The molecule has 1 aromatic carbocycles. The van der Waals surface area contributed by atoms with E-state index in [9.17, 15) is 4.79 Å². The van der Waals surface area contributed by atoms with E-state index in [1.165, 1.54) is 14.6 Å². The number of thiazole rings is 1. The molecule has 0 spiro atoms. The Morgan fingerprint density at radius 1 is 1.17 bits per heavy atom. The third kappa shape index (κ3) is 3.37. The van der Waals surface area contributed by atoms with Gasteiger partial charge in [-0.05, 0) is 42.8 Å². The highest BCUT2D eigenvalue weighted by Gasteiger charge is 2.25. The second-order valence-corrected chi connectivity index (χ2v) is 8.35. The van der Waals surface area contributed by atoms with Crippen LogP contribution in [0.25, 0.3) is 10.2 Å². The topological polar surface area (TPSA) is 33.2 Å². The minimum Gasteiger partial charge on any atom is -0.343 e. The predicted octanol–water partition coefficient (Wildman–Crippen LogP) is 4.70. The van der Waals surface area contributed by atoms with Gasteiger partial charge in [0.1, 0.15) is 0 Å². The molecule has 0 N–H and O–H groups in total. The van der Waals surface area contributed by atoms with E-state index in [0.717, 1.165) is 37.9 Å². The first kappa shape index (κ1) is 15.8. The molecule has 24 heavy (non-hydrogen) atoms. The molecule has 4 rings (SSSR count). The molecule has 0 atom stereocenters. The minimum atomic E-state index is 0.297. The SMILES string of the molecule is O=C(CCc1cccs1)N1CCC(c2nc3ccccc3s2)CC1. The lowest BCUT2D eigenvalue weighted by molar-refractivity contribution is -0.132. The van der Waals surface area contributed by atoms with E-state index >= 15 is 0 Å². The number of piperidine rings is 1. The smallest absolute Gasteiger partial charge is 0.222 e. The number of aromatic nitrogens is 1. The standard InChI is InChI=1S/C19H20N2OS2/c22-18(8-7-15-4-3-13-23-15)21-11-9-14(10-12-21)19-20-16-5-1-2-6-17(16)24-19/h1-6,13-14H,7-12H2. The van der Waals surface area contributed by atoms with Crippen molar-refractivity contribution in [3.05, 3.63) is 51.7 Å². The normalized spacial score (nSPS) is 15.9. The number of carbonyl (C=O) groups is 1. The largest absolute Gasteiger partial charge is 0.343 e. The van der Waals surface area contributed by atoms with Gasteiger partial charge >= 0.3 is 0 Å². The maximum atomic E-state index is 12.4. The van der Waals surface area contributed by atoms with Crippen LogP contribution in [0.5, 0.6) is 0 Å². The molecule has 0 bridgehead atoms. The number of thiophene rings is 1. The molecule has 1 aliphatic rings. The van der Waals surface area contributed by atoms with E-state index in [1.54, 1.807) is 11.3 Å².